The highest BCUT2D eigenvalue weighted by atomic mass is 16.5. The summed E-state index contributed by atoms with van der Waals surface area (Å²) in [5.74, 6) is 1.26. The van der Waals surface area contributed by atoms with E-state index < -0.39 is 0 Å². The van der Waals surface area contributed by atoms with Gasteiger partial charge >= 0.3 is 0 Å². The van der Waals surface area contributed by atoms with Gasteiger partial charge in [0.15, 0.2) is 23.0 Å². The molecule has 1 aliphatic rings. The second-order valence-corrected chi connectivity index (χ2v) is 6.49. The van der Waals surface area contributed by atoms with Crippen LogP contribution in [0.2, 0.25) is 0 Å². The lowest BCUT2D eigenvalue weighted by molar-refractivity contribution is 0.320. The quantitative estimate of drug-likeness (QED) is 0.738. The third-order valence-corrected chi connectivity index (χ3v) is 5.10. The summed E-state index contributed by atoms with van der Waals surface area (Å²) in [5, 5.41) is 29.6. The van der Waals surface area contributed by atoms with Crippen LogP contribution in [-0.2, 0) is 6.42 Å². The van der Waals surface area contributed by atoms with Crippen molar-refractivity contribution in [2.75, 3.05) is 7.11 Å². The first kappa shape index (κ1) is 15.5. The number of phenolic OH excluding ortho intramolecular Hbond substituents is 3. The topological polar surface area (TPSA) is 69.9 Å². The maximum atomic E-state index is 9.92. The second kappa shape index (κ2) is 5.69. The Morgan fingerprint density at radius 3 is 2.35 bits per heavy atom. The van der Waals surface area contributed by atoms with Gasteiger partial charge in [-0.2, -0.15) is 0 Å². The van der Waals surface area contributed by atoms with Gasteiger partial charge in [-0.1, -0.05) is 19.9 Å². The first-order valence-corrected chi connectivity index (χ1v) is 7.84. The largest absolute Gasteiger partial charge is 0.504 e. The number of aromatic hydroxyl groups is 3. The van der Waals surface area contributed by atoms with Crippen LogP contribution < -0.4 is 4.74 Å². The van der Waals surface area contributed by atoms with Crippen LogP contribution in [0.25, 0.3) is 0 Å². The number of hydrogen-bond acceptors (Lipinski definition) is 4. The summed E-state index contributed by atoms with van der Waals surface area (Å²) < 4.78 is 5.23. The molecule has 0 fully saturated rings. The minimum absolute atomic E-state index is 0.0764. The molecule has 3 atom stereocenters. The summed E-state index contributed by atoms with van der Waals surface area (Å²) in [5.41, 5.74) is 3.12. The van der Waals surface area contributed by atoms with Crippen LogP contribution in [0.4, 0.5) is 0 Å². The molecule has 2 aromatic carbocycles. The standard InChI is InChI=1S/C19H22O4/c1-10-6-13-7-16(21)17(22)9-14(13)19(11(10)2)12-4-5-15(20)18(8-12)23-3/h4-5,7-11,19-22H,6H2,1-3H3/t10-,11+,19+/m0/s1. The molecule has 2 aromatic rings. The Balaban J connectivity index is 2.16. The molecule has 0 amide bonds. The Morgan fingerprint density at radius 2 is 1.65 bits per heavy atom. The highest BCUT2D eigenvalue weighted by molar-refractivity contribution is 5.53. The highest BCUT2D eigenvalue weighted by Gasteiger charge is 2.33. The Kier molecular flexibility index (Phi) is 3.84. The number of phenols is 3. The second-order valence-electron chi connectivity index (χ2n) is 6.49. The molecule has 1 aliphatic carbocycles. The zero-order valence-corrected chi connectivity index (χ0v) is 13.6. The number of benzene rings is 2. The summed E-state index contributed by atoms with van der Waals surface area (Å²) in [6.07, 6.45) is 0.871. The van der Waals surface area contributed by atoms with E-state index in [2.05, 4.69) is 13.8 Å². The van der Waals surface area contributed by atoms with Gasteiger partial charge in [0, 0.05) is 5.92 Å². The van der Waals surface area contributed by atoms with E-state index in [1.807, 2.05) is 12.1 Å². The summed E-state index contributed by atoms with van der Waals surface area (Å²) in [7, 11) is 1.53. The third kappa shape index (κ3) is 2.58. The smallest absolute Gasteiger partial charge is 0.160 e. The van der Waals surface area contributed by atoms with Gasteiger partial charge in [0.05, 0.1) is 7.11 Å². The molecule has 0 aromatic heterocycles. The molecule has 23 heavy (non-hydrogen) atoms. The van der Waals surface area contributed by atoms with Crippen LogP contribution in [0, 0.1) is 11.8 Å². The molecule has 4 nitrogen and oxygen atoms in total. The minimum Gasteiger partial charge on any atom is -0.504 e. The van der Waals surface area contributed by atoms with Crippen molar-refractivity contribution in [3.05, 3.63) is 47.0 Å². The zero-order valence-electron chi connectivity index (χ0n) is 13.6. The van der Waals surface area contributed by atoms with E-state index in [0.717, 1.165) is 23.1 Å². The lowest BCUT2D eigenvalue weighted by Crippen LogP contribution is -2.26. The van der Waals surface area contributed by atoms with Gasteiger partial charge < -0.3 is 20.1 Å². The molecule has 0 saturated heterocycles. The third-order valence-electron chi connectivity index (χ3n) is 5.10. The molecular weight excluding hydrogens is 292 g/mol. The predicted molar refractivity (Wildman–Crippen MR) is 88.3 cm³/mol. The van der Waals surface area contributed by atoms with Gasteiger partial charge in [-0.05, 0) is 59.2 Å². The molecule has 3 N–H and O–H groups in total. The van der Waals surface area contributed by atoms with Gasteiger partial charge in [0.25, 0.3) is 0 Å². The fourth-order valence-corrected chi connectivity index (χ4v) is 3.62. The molecule has 0 bridgehead atoms. The number of hydrogen-bond donors (Lipinski definition) is 3. The molecule has 0 radical (unpaired) electrons. The molecule has 0 saturated carbocycles. The van der Waals surface area contributed by atoms with E-state index in [1.54, 1.807) is 18.2 Å². The zero-order chi connectivity index (χ0) is 16.7. The van der Waals surface area contributed by atoms with Gasteiger partial charge in [-0.25, -0.2) is 0 Å². The molecule has 4 heteroatoms. The van der Waals surface area contributed by atoms with E-state index in [9.17, 15) is 15.3 Å². The molecule has 0 unspecified atom stereocenters. The van der Waals surface area contributed by atoms with Gasteiger partial charge in [-0.3, -0.25) is 0 Å². The van der Waals surface area contributed by atoms with Crippen LogP contribution in [0.1, 0.15) is 36.5 Å². The van der Waals surface area contributed by atoms with Crippen LogP contribution in [0.3, 0.4) is 0 Å². The van der Waals surface area contributed by atoms with Gasteiger partial charge in [-0.15, -0.1) is 0 Å². The predicted octanol–water partition coefficient (Wildman–Crippen LogP) is 3.77. The Bertz CT molecular complexity index is 738. The van der Waals surface area contributed by atoms with Gasteiger partial charge in [0.1, 0.15) is 0 Å². The van der Waals surface area contributed by atoms with Crippen molar-refractivity contribution < 1.29 is 20.1 Å². The van der Waals surface area contributed by atoms with Crippen molar-refractivity contribution >= 4 is 0 Å². The SMILES string of the molecule is COc1cc([C@@H]2c3cc(O)c(O)cc3C[C@H](C)[C@H]2C)ccc1O. The Morgan fingerprint density at radius 1 is 0.957 bits per heavy atom. The Labute approximate surface area is 136 Å². The number of rotatable bonds is 2. The first-order valence-electron chi connectivity index (χ1n) is 7.84. The number of methoxy groups -OCH3 is 1. The molecule has 3 rings (SSSR count). The van der Waals surface area contributed by atoms with Crippen molar-refractivity contribution in [1.82, 2.24) is 0 Å². The van der Waals surface area contributed by atoms with E-state index >= 15 is 0 Å². The maximum absolute atomic E-state index is 9.92. The summed E-state index contributed by atoms with van der Waals surface area (Å²) in [4.78, 5) is 0. The molecule has 122 valence electrons. The monoisotopic (exact) mass is 314 g/mol. The molecule has 0 aliphatic heterocycles. The lowest BCUT2D eigenvalue weighted by atomic mass is 9.68. The van der Waals surface area contributed by atoms with Crippen molar-refractivity contribution in [2.24, 2.45) is 11.8 Å². The van der Waals surface area contributed by atoms with Crippen LogP contribution in [0.5, 0.6) is 23.0 Å². The maximum Gasteiger partial charge on any atom is 0.160 e. The van der Waals surface area contributed by atoms with Crippen LogP contribution >= 0.6 is 0 Å². The van der Waals surface area contributed by atoms with Crippen molar-refractivity contribution in [3.8, 4) is 23.0 Å². The first-order chi connectivity index (χ1) is 10.9. The van der Waals surface area contributed by atoms with Crippen molar-refractivity contribution in [1.29, 1.82) is 0 Å². The average molecular weight is 314 g/mol. The highest BCUT2D eigenvalue weighted by Crippen LogP contribution is 2.47. The molecule has 0 heterocycles. The normalized spacial score (nSPS) is 23.3. The van der Waals surface area contributed by atoms with E-state index in [0.29, 0.717) is 17.6 Å². The molecule has 0 spiro atoms. The summed E-state index contributed by atoms with van der Waals surface area (Å²) in [6.45, 7) is 4.39. The fourth-order valence-electron chi connectivity index (χ4n) is 3.62. The minimum atomic E-state index is -0.0961. The van der Waals surface area contributed by atoms with Gasteiger partial charge in [0.2, 0.25) is 0 Å². The number of ether oxygens (including phenoxy) is 1. The fraction of sp³-hybridized carbons (Fsp3) is 0.368. The number of fused-ring (bicyclic) bond motifs is 1. The van der Waals surface area contributed by atoms with Crippen molar-refractivity contribution in [2.45, 2.75) is 26.2 Å². The summed E-state index contributed by atoms with van der Waals surface area (Å²) in [6, 6.07) is 8.71. The molecular formula is C19H22O4. The Hall–Kier alpha value is -2.36. The van der Waals surface area contributed by atoms with E-state index in [1.165, 1.54) is 7.11 Å². The summed E-state index contributed by atoms with van der Waals surface area (Å²) >= 11 is 0. The van der Waals surface area contributed by atoms with E-state index in [4.69, 9.17) is 4.74 Å². The van der Waals surface area contributed by atoms with Crippen LogP contribution in [0.15, 0.2) is 30.3 Å². The van der Waals surface area contributed by atoms with Crippen LogP contribution in [-0.4, -0.2) is 22.4 Å². The average Bonchev–Trinajstić information content (AvgIpc) is 2.52. The van der Waals surface area contributed by atoms with E-state index in [-0.39, 0.29) is 23.2 Å². The lowest BCUT2D eigenvalue weighted by Gasteiger charge is -2.37. The van der Waals surface area contributed by atoms with Crippen molar-refractivity contribution in [3.63, 3.8) is 0 Å².